The second-order valence-electron chi connectivity index (χ2n) is 8.01. The molecule has 2 aliphatic heterocycles. The molecular weight excluding hydrogens is 342 g/mol. The molecule has 6 nitrogen and oxygen atoms in total. The molecule has 1 atom stereocenters. The van der Waals surface area contributed by atoms with E-state index >= 15 is 0 Å². The molecule has 6 heteroatoms. The summed E-state index contributed by atoms with van der Waals surface area (Å²) in [6.45, 7) is 9.14. The third-order valence-electron chi connectivity index (χ3n) is 5.48. The lowest BCUT2D eigenvalue weighted by Gasteiger charge is -2.36. The first-order chi connectivity index (χ1) is 12.9. The van der Waals surface area contributed by atoms with Crippen molar-refractivity contribution in [2.75, 3.05) is 26.2 Å². The topological polar surface area (TPSA) is 60.9 Å². The van der Waals surface area contributed by atoms with E-state index in [1.807, 2.05) is 43.0 Å². The first-order valence-corrected chi connectivity index (χ1v) is 9.85. The van der Waals surface area contributed by atoms with Crippen molar-refractivity contribution >= 4 is 17.7 Å². The van der Waals surface area contributed by atoms with Gasteiger partial charge in [0.15, 0.2) is 0 Å². The average Bonchev–Trinajstić information content (AvgIpc) is 2.65. The molecule has 0 radical (unpaired) electrons. The lowest BCUT2D eigenvalue weighted by molar-refractivity contribution is -0.157. The smallest absolute Gasteiger partial charge is 0.312 e. The number of carbonyl (C=O) groups excluding carboxylic acids is 3. The Labute approximate surface area is 161 Å². The van der Waals surface area contributed by atoms with Gasteiger partial charge in [-0.2, -0.15) is 0 Å². The largest absolute Gasteiger partial charge is 0.338 e. The highest BCUT2D eigenvalue weighted by atomic mass is 16.2. The molecule has 0 saturated carbocycles. The maximum absolute atomic E-state index is 12.7. The van der Waals surface area contributed by atoms with Crippen molar-refractivity contribution in [2.24, 2.45) is 5.92 Å². The second-order valence-corrected chi connectivity index (χ2v) is 8.01. The van der Waals surface area contributed by atoms with Gasteiger partial charge in [0.2, 0.25) is 0 Å². The number of amides is 3. The van der Waals surface area contributed by atoms with Crippen LogP contribution in [0.25, 0.3) is 0 Å². The van der Waals surface area contributed by atoms with Crippen LogP contribution in [0.4, 0.5) is 0 Å². The van der Waals surface area contributed by atoms with Crippen molar-refractivity contribution in [2.45, 2.75) is 46.2 Å². The number of rotatable bonds is 4. The molecule has 1 aromatic rings. The Morgan fingerprint density at radius 2 is 1.78 bits per heavy atom. The van der Waals surface area contributed by atoms with E-state index in [-0.39, 0.29) is 11.9 Å². The zero-order valence-electron chi connectivity index (χ0n) is 16.5. The Morgan fingerprint density at radius 3 is 2.41 bits per heavy atom. The molecular formula is C21H29N3O3. The summed E-state index contributed by atoms with van der Waals surface area (Å²) in [6, 6.07) is 7.45. The maximum atomic E-state index is 12.7. The van der Waals surface area contributed by atoms with E-state index in [1.165, 1.54) is 6.42 Å². The van der Waals surface area contributed by atoms with Crippen LogP contribution in [0.1, 0.15) is 49.5 Å². The zero-order chi connectivity index (χ0) is 19.6. The van der Waals surface area contributed by atoms with Gasteiger partial charge in [0.1, 0.15) is 0 Å². The Morgan fingerprint density at radius 1 is 1.07 bits per heavy atom. The fourth-order valence-electron chi connectivity index (χ4n) is 3.86. The van der Waals surface area contributed by atoms with Gasteiger partial charge < -0.3 is 14.7 Å². The van der Waals surface area contributed by atoms with Crippen LogP contribution in [-0.2, 0) is 16.1 Å². The fraction of sp³-hybridized carbons (Fsp3) is 0.571. The van der Waals surface area contributed by atoms with E-state index in [9.17, 15) is 14.4 Å². The summed E-state index contributed by atoms with van der Waals surface area (Å²) in [7, 11) is 0. The third-order valence-corrected chi connectivity index (χ3v) is 5.48. The predicted molar refractivity (Wildman–Crippen MR) is 103 cm³/mol. The first kappa shape index (κ1) is 19.4. The van der Waals surface area contributed by atoms with Crippen LogP contribution in [0.5, 0.6) is 0 Å². The number of nitrogens with zero attached hydrogens (tertiary/aromatic N) is 3. The van der Waals surface area contributed by atoms with Crippen LogP contribution in [-0.4, -0.2) is 64.6 Å². The molecule has 2 aliphatic rings. The SMILES string of the molecule is CC(C)N1CCN(Cc2ccc(C(=O)N3CCC[C@@H](C)C3)cc2)C(=O)C1=O. The molecule has 1 aromatic carbocycles. The van der Waals surface area contributed by atoms with Gasteiger partial charge in [-0.25, -0.2) is 0 Å². The van der Waals surface area contributed by atoms with E-state index in [2.05, 4.69) is 6.92 Å². The van der Waals surface area contributed by atoms with Gasteiger partial charge in [0.25, 0.3) is 5.91 Å². The highest BCUT2D eigenvalue weighted by Gasteiger charge is 2.33. The summed E-state index contributed by atoms with van der Waals surface area (Å²) >= 11 is 0. The zero-order valence-corrected chi connectivity index (χ0v) is 16.5. The minimum Gasteiger partial charge on any atom is -0.338 e. The molecule has 0 N–H and O–H groups in total. The van der Waals surface area contributed by atoms with Gasteiger partial charge in [-0.1, -0.05) is 19.1 Å². The molecule has 0 aromatic heterocycles. The van der Waals surface area contributed by atoms with Crippen LogP contribution >= 0.6 is 0 Å². The summed E-state index contributed by atoms with van der Waals surface area (Å²) in [5, 5.41) is 0. The Hall–Kier alpha value is -2.37. The van der Waals surface area contributed by atoms with E-state index in [1.54, 1.807) is 9.80 Å². The van der Waals surface area contributed by atoms with Crippen LogP contribution in [0.15, 0.2) is 24.3 Å². The summed E-state index contributed by atoms with van der Waals surface area (Å²) in [4.78, 5) is 42.3. The third kappa shape index (κ3) is 4.31. The van der Waals surface area contributed by atoms with Crippen molar-refractivity contribution < 1.29 is 14.4 Å². The van der Waals surface area contributed by atoms with E-state index in [0.717, 1.165) is 25.1 Å². The predicted octanol–water partition coefficient (Wildman–Crippen LogP) is 2.14. The number of hydrogen-bond acceptors (Lipinski definition) is 3. The molecule has 146 valence electrons. The van der Waals surface area contributed by atoms with E-state index in [0.29, 0.717) is 31.1 Å². The monoisotopic (exact) mass is 371 g/mol. The van der Waals surface area contributed by atoms with Crippen LogP contribution in [0.3, 0.4) is 0 Å². The standard InChI is InChI=1S/C21H29N3O3/c1-15(2)24-12-11-23(20(26)21(24)27)14-17-6-8-18(9-7-17)19(25)22-10-4-5-16(3)13-22/h6-9,15-16H,4-5,10-14H2,1-3H3/t16-/m1/s1. The van der Waals surface area contributed by atoms with Gasteiger partial charge in [0, 0.05) is 44.3 Å². The molecule has 2 saturated heterocycles. The summed E-state index contributed by atoms with van der Waals surface area (Å²) in [5.41, 5.74) is 1.61. The lowest BCUT2D eigenvalue weighted by atomic mass is 9.99. The van der Waals surface area contributed by atoms with E-state index < -0.39 is 11.8 Å². The van der Waals surface area contributed by atoms with Gasteiger partial charge in [-0.05, 0) is 50.3 Å². The number of piperidine rings is 1. The number of carbonyl (C=O) groups is 3. The van der Waals surface area contributed by atoms with Crippen molar-refractivity contribution in [1.29, 1.82) is 0 Å². The van der Waals surface area contributed by atoms with Gasteiger partial charge in [-0.15, -0.1) is 0 Å². The molecule has 0 unspecified atom stereocenters. The minimum atomic E-state index is -0.447. The molecule has 3 amide bonds. The summed E-state index contributed by atoms with van der Waals surface area (Å²) in [5.74, 6) is -0.250. The normalized spacial score (nSPS) is 21.2. The van der Waals surface area contributed by atoms with Crippen molar-refractivity contribution in [3.05, 3.63) is 35.4 Å². The molecule has 0 bridgehead atoms. The Kier molecular flexibility index (Phi) is 5.82. The van der Waals surface area contributed by atoms with E-state index in [4.69, 9.17) is 0 Å². The highest BCUT2D eigenvalue weighted by Crippen LogP contribution is 2.19. The number of benzene rings is 1. The van der Waals surface area contributed by atoms with Crippen LogP contribution in [0.2, 0.25) is 0 Å². The minimum absolute atomic E-state index is 0.0337. The van der Waals surface area contributed by atoms with Crippen LogP contribution in [0, 0.1) is 5.92 Å². The Balaban J connectivity index is 1.62. The van der Waals surface area contributed by atoms with Gasteiger partial charge in [0.05, 0.1) is 0 Å². The van der Waals surface area contributed by atoms with Crippen LogP contribution < -0.4 is 0 Å². The maximum Gasteiger partial charge on any atom is 0.312 e. The van der Waals surface area contributed by atoms with Gasteiger partial charge >= 0.3 is 11.8 Å². The fourth-order valence-corrected chi connectivity index (χ4v) is 3.86. The van der Waals surface area contributed by atoms with Crippen molar-refractivity contribution in [1.82, 2.24) is 14.7 Å². The number of likely N-dealkylation sites (tertiary alicyclic amines) is 1. The van der Waals surface area contributed by atoms with Gasteiger partial charge in [-0.3, -0.25) is 14.4 Å². The molecule has 3 rings (SSSR count). The van der Waals surface area contributed by atoms with Crippen molar-refractivity contribution in [3.8, 4) is 0 Å². The highest BCUT2D eigenvalue weighted by molar-refractivity contribution is 6.35. The summed E-state index contributed by atoms with van der Waals surface area (Å²) in [6.07, 6.45) is 2.24. The molecule has 0 aliphatic carbocycles. The number of hydrogen-bond donors (Lipinski definition) is 0. The summed E-state index contributed by atoms with van der Waals surface area (Å²) < 4.78 is 0. The number of piperazine rings is 1. The molecule has 27 heavy (non-hydrogen) atoms. The quantitative estimate of drug-likeness (QED) is 0.762. The lowest BCUT2D eigenvalue weighted by Crippen LogP contribution is -2.55. The molecule has 0 spiro atoms. The average molecular weight is 371 g/mol. The van der Waals surface area contributed by atoms with Crippen molar-refractivity contribution in [3.63, 3.8) is 0 Å². The molecule has 2 heterocycles. The first-order valence-electron chi connectivity index (χ1n) is 9.85. The molecule has 2 fully saturated rings. The second kappa shape index (κ2) is 8.11. The Bertz CT molecular complexity index is 714.